The lowest BCUT2D eigenvalue weighted by Gasteiger charge is -2.04. The van der Waals surface area contributed by atoms with Gasteiger partial charge >= 0.3 is 5.69 Å². The van der Waals surface area contributed by atoms with Gasteiger partial charge in [-0.05, 0) is 26.3 Å². The number of hydrogen-bond donors (Lipinski definition) is 1. The predicted molar refractivity (Wildman–Crippen MR) is 83.2 cm³/mol. The van der Waals surface area contributed by atoms with Crippen molar-refractivity contribution in [2.24, 2.45) is 0 Å². The molecule has 0 aliphatic carbocycles. The fourth-order valence-corrected chi connectivity index (χ4v) is 2.26. The molecule has 2 rings (SSSR count). The number of aromatic nitrogens is 4. The van der Waals surface area contributed by atoms with E-state index >= 15 is 0 Å². The molecule has 0 radical (unpaired) electrons. The van der Waals surface area contributed by atoms with Crippen LogP contribution in [-0.4, -0.2) is 36.9 Å². The summed E-state index contributed by atoms with van der Waals surface area (Å²) in [5.74, 6) is -0.225. The first kappa shape index (κ1) is 16.7. The third-order valence-electron chi connectivity index (χ3n) is 3.49. The summed E-state index contributed by atoms with van der Waals surface area (Å²) in [7, 11) is 0. The Morgan fingerprint density at radius 3 is 2.74 bits per heavy atom. The molecule has 0 unspecified atom stereocenters. The zero-order valence-electron chi connectivity index (χ0n) is 13.4. The second-order valence-corrected chi connectivity index (χ2v) is 5.27. The maximum Gasteiger partial charge on any atom is 0.312 e. The minimum absolute atomic E-state index is 0.00897. The highest BCUT2D eigenvalue weighted by molar-refractivity contribution is 5.92. The van der Waals surface area contributed by atoms with Crippen LogP contribution in [0.4, 0.5) is 5.69 Å². The molecular formula is C14H20N6O3. The Bertz CT molecular complexity index is 718. The van der Waals surface area contributed by atoms with Crippen molar-refractivity contribution >= 4 is 11.6 Å². The summed E-state index contributed by atoms with van der Waals surface area (Å²) in [5.41, 5.74) is 1.14. The predicted octanol–water partition coefficient (Wildman–Crippen LogP) is 1.64. The van der Waals surface area contributed by atoms with Gasteiger partial charge in [-0.3, -0.25) is 19.6 Å². The number of rotatable bonds is 7. The van der Waals surface area contributed by atoms with Crippen LogP contribution < -0.4 is 5.32 Å². The Balaban J connectivity index is 2.09. The maximum atomic E-state index is 11.9. The monoisotopic (exact) mass is 320 g/mol. The third-order valence-corrected chi connectivity index (χ3v) is 3.49. The molecular weight excluding hydrogens is 300 g/mol. The molecule has 0 saturated carbocycles. The number of hydrogen-bond acceptors (Lipinski definition) is 5. The average molecular weight is 320 g/mol. The van der Waals surface area contributed by atoms with Gasteiger partial charge in [0.05, 0.1) is 4.92 Å². The van der Waals surface area contributed by atoms with Crippen LogP contribution in [0.5, 0.6) is 0 Å². The Labute approximate surface area is 133 Å². The number of nitrogens with zero attached hydrogens (tertiary/aromatic N) is 5. The number of carbonyl (C=O) groups excluding carboxylic acids is 1. The van der Waals surface area contributed by atoms with Crippen LogP contribution in [-0.2, 0) is 6.67 Å². The van der Waals surface area contributed by atoms with Crippen LogP contribution in [0.2, 0.25) is 0 Å². The Morgan fingerprint density at radius 2 is 2.13 bits per heavy atom. The minimum atomic E-state index is -0.441. The number of aryl methyl sites for hydroxylation is 1. The number of amides is 1. The molecule has 0 aliphatic heterocycles. The van der Waals surface area contributed by atoms with Crippen molar-refractivity contribution in [3.05, 3.63) is 39.5 Å². The van der Waals surface area contributed by atoms with Gasteiger partial charge in [-0.2, -0.15) is 10.2 Å². The van der Waals surface area contributed by atoms with Crippen molar-refractivity contribution in [3.8, 4) is 0 Å². The molecule has 0 fully saturated rings. The van der Waals surface area contributed by atoms with Gasteiger partial charge in [0, 0.05) is 12.7 Å². The van der Waals surface area contributed by atoms with Gasteiger partial charge in [-0.15, -0.1) is 0 Å². The van der Waals surface area contributed by atoms with Crippen LogP contribution in [0, 0.1) is 24.0 Å². The number of carbonyl (C=O) groups is 1. The van der Waals surface area contributed by atoms with E-state index < -0.39 is 4.92 Å². The normalized spacial score (nSPS) is 10.7. The molecule has 2 aromatic heterocycles. The summed E-state index contributed by atoms with van der Waals surface area (Å²) in [5, 5.41) is 22.1. The molecule has 9 nitrogen and oxygen atoms in total. The number of unbranched alkanes of at least 4 members (excludes halogenated alkanes) is 1. The van der Waals surface area contributed by atoms with Crippen LogP contribution in [0.1, 0.15) is 41.6 Å². The minimum Gasteiger partial charge on any atom is -0.351 e. The van der Waals surface area contributed by atoms with E-state index in [2.05, 4.69) is 22.4 Å². The highest BCUT2D eigenvalue weighted by atomic mass is 16.6. The van der Waals surface area contributed by atoms with E-state index in [1.807, 2.05) is 0 Å². The van der Waals surface area contributed by atoms with E-state index in [0.717, 1.165) is 12.8 Å². The van der Waals surface area contributed by atoms with E-state index in [9.17, 15) is 14.9 Å². The van der Waals surface area contributed by atoms with Crippen molar-refractivity contribution in [2.45, 2.75) is 40.3 Å². The highest BCUT2D eigenvalue weighted by Gasteiger charge is 2.22. The summed E-state index contributed by atoms with van der Waals surface area (Å²) in [6, 6.07) is 1.61. The molecule has 0 saturated heterocycles. The topological polar surface area (TPSA) is 108 Å². The van der Waals surface area contributed by atoms with Crippen LogP contribution in [0.3, 0.4) is 0 Å². The average Bonchev–Trinajstić information content (AvgIpc) is 3.05. The highest BCUT2D eigenvalue weighted by Crippen LogP contribution is 2.21. The summed E-state index contributed by atoms with van der Waals surface area (Å²) >= 11 is 0. The van der Waals surface area contributed by atoms with E-state index in [-0.39, 0.29) is 18.3 Å². The zero-order chi connectivity index (χ0) is 17.0. The largest absolute Gasteiger partial charge is 0.351 e. The first-order valence-electron chi connectivity index (χ1n) is 7.44. The van der Waals surface area contributed by atoms with E-state index in [0.29, 0.717) is 23.6 Å². The summed E-state index contributed by atoms with van der Waals surface area (Å²) in [6.07, 6.45) is 3.57. The molecule has 2 aromatic rings. The lowest BCUT2D eigenvalue weighted by molar-refractivity contribution is -0.386. The van der Waals surface area contributed by atoms with Gasteiger partial charge in [0.25, 0.3) is 5.91 Å². The molecule has 0 aromatic carbocycles. The van der Waals surface area contributed by atoms with Crippen LogP contribution in [0.25, 0.3) is 0 Å². The second-order valence-electron chi connectivity index (χ2n) is 5.27. The molecule has 1 amide bonds. The standard InChI is InChI=1S/C14H20N6O3/c1-4-5-7-15-14(21)12-6-8-18(17-12)9-19-11(3)13(20(22)23)10(2)16-19/h6,8H,4-5,7,9H2,1-3H3,(H,15,21). The zero-order valence-corrected chi connectivity index (χ0v) is 13.4. The maximum absolute atomic E-state index is 11.9. The van der Waals surface area contributed by atoms with Gasteiger partial charge in [0.1, 0.15) is 23.8 Å². The quantitative estimate of drug-likeness (QED) is 0.474. The molecule has 0 aliphatic rings. The van der Waals surface area contributed by atoms with Gasteiger partial charge in [0.15, 0.2) is 0 Å². The van der Waals surface area contributed by atoms with Crippen molar-refractivity contribution in [1.82, 2.24) is 24.9 Å². The summed E-state index contributed by atoms with van der Waals surface area (Å²) in [6.45, 7) is 6.11. The second kappa shape index (κ2) is 7.03. The molecule has 124 valence electrons. The fraction of sp³-hybridized carbons (Fsp3) is 0.500. The SMILES string of the molecule is CCCCNC(=O)c1ccn(Cn2nc(C)c([N+](=O)[O-])c2C)n1. The van der Waals surface area contributed by atoms with Gasteiger partial charge < -0.3 is 5.32 Å². The van der Waals surface area contributed by atoms with Gasteiger partial charge in [-0.1, -0.05) is 13.3 Å². The summed E-state index contributed by atoms with van der Waals surface area (Å²) in [4.78, 5) is 22.5. The molecule has 2 heterocycles. The Morgan fingerprint density at radius 1 is 1.39 bits per heavy atom. The molecule has 0 bridgehead atoms. The molecule has 1 N–H and O–H groups in total. The Hall–Kier alpha value is -2.71. The van der Waals surface area contributed by atoms with Gasteiger partial charge in [0.2, 0.25) is 0 Å². The van der Waals surface area contributed by atoms with Crippen molar-refractivity contribution in [2.75, 3.05) is 6.54 Å². The van der Waals surface area contributed by atoms with E-state index in [1.54, 1.807) is 26.1 Å². The third kappa shape index (κ3) is 3.74. The fourth-order valence-electron chi connectivity index (χ4n) is 2.26. The summed E-state index contributed by atoms with van der Waals surface area (Å²) < 4.78 is 3.02. The van der Waals surface area contributed by atoms with E-state index in [4.69, 9.17) is 0 Å². The smallest absolute Gasteiger partial charge is 0.312 e. The first-order chi connectivity index (χ1) is 10.9. The molecule has 0 atom stereocenters. The molecule has 23 heavy (non-hydrogen) atoms. The lowest BCUT2D eigenvalue weighted by Crippen LogP contribution is -2.25. The molecule has 9 heteroatoms. The Kier molecular flexibility index (Phi) is 5.09. The molecule has 0 spiro atoms. The van der Waals surface area contributed by atoms with Gasteiger partial charge in [-0.25, -0.2) is 4.68 Å². The lowest BCUT2D eigenvalue weighted by atomic mass is 10.3. The van der Waals surface area contributed by atoms with E-state index in [1.165, 1.54) is 9.36 Å². The number of nitro groups is 1. The van der Waals surface area contributed by atoms with Crippen molar-refractivity contribution in [3.63, 3.8) is 0 Å². The van der Waals surface area contributed by atoms with Crippen molar-refractivity contribution in [1.29, 1.82) is 0 Å². The van der Waals surface area contributed by atoms with Crippen LogP contribution in [0.15, 0.2) is 12.3 Å². The van der Waals surface area contributed by atoms with Crippen molar-refractivity contribution < 1.29 is 9.72 Å². The van der Waals surface area contributed by atoms with Crippen LogP contribution >= 0.6 is 0 Å². The first-order valence-corrected chi connectivity index (χ1v) is 7.44. The number of nitrogens with one attached hydrogen (secondary N) is 1.